The number of hydrogen-bond donors (Lipinski definition) is 1. The average Bonchev–Trinajstić information content (AvgIpc) is 2.30. The number of aliphatic carboxylic acids is 1. The minimum atomic E-state index is -0.856. The zero-order chi connectivity index (χ0) is 10.8. The van der Waals surface area contributed by atoms with Crippen LogP contribution in [0.4, 0.5) is 0 Å². The molecule has 2 heteroatoms. The lowest BCUT2D eigenvalue weighted by Gasteiger charge is -2.28. The summed E-state index contributed by atoms with van der Waals surface area (Å²) < 4.78 is 0. The third kappa shape index (κ3) is 2.25. The minimum Gasteiger partial charge on any atom is -0.478 e. The second-order valence-electron chi connectivity index (χ2n) is 4.52. The van der Waals surface area contributed by atoms with Crippen molar-refractivity contribution in [3.05, 3.63) is 23.8 Å². The van der Waals surface area contributed by atoms with E-state index in [0.29, 0.717) is 5.92 Å². The molecule has 0 aromatic heterocycles. The second kappa shape index (κ2) is 3.99. The van der Waals surface area contributed by atoms with E-state index in [4.69, 9.17) is 5.11 Å². The Morgan fingerprint density at radius 3 is 2.79 bits per heavy atom. The predicted octanol–water partition coefficient (Wildman–Crippen LogP) is 3.01. The van der Waals surface area contributed by atoms with Crippen molar-refractivity contribution in [2.45, 2.75) is 33.6 Å². The maximum atomic E-state index is 10.3. The monoisotopic (exact) mass is 194 g/mol. The van der Waals surface area contributed by atoms with Crippen molar-refractivity contribution < 1.29 is 9.90 Å². The number of carboxylic acid groups (broad SMARTS) is 1. The van der Waals surface area contributed by atoms with Crippen LogP contribution in [0.1, 0.15) is 33.6 Å². The summed E-state index contributed by atoms with van der Waals surface area (Å²) in [6, 6.07) is 0. The maximum absolute atomic E-state index is 10.3. The highest BCUT2D eigenvalue weighted by Crippen LogP contribution is 2.44. The van der Waals surface area contributed by atoms with Crippen LogP contribution in [0.15, 0.2) is 23.8 Å². The molecule has 1 rings (SSSR count). The summed E-state index contributed by atoms with van der Waals surface area (Å²) in [7, 11) is 0. The molecule has 1 aliphatic carbocycles. The van der Waals surface area contributed by atoms with Crippen LogP contribution in [-0.4, -0.2) is 11.1 Å². The van der Waals surface area contributed by atoms with Gasteiger partial charge in [0.2, 0.25) is 0 Å². The van der Waals surface area contributed by atoms with Gasteiger partial charge in [0, 0.05) is 6.08 Å². The van der Waals surface area contributed by atoms with Gasteiger partial charge in [-0.05, 0) is 31.1 Å². The van der Waals surface area contributed by atoms with Gasteiger partial charge in [-0.1, -0.05) is 31.6 Å². The molecule has 14 heavy (non-hydrogen) atoms. The van der Waals surface area contributed by atoms with Gasteiger partial charge in [-0.2, -0.15) is 0 Å². The van der Waals surface area contributed by atoms with Crippen LogP contribution in [0.2, 0.25) is 0 Å². The van der Waals surface area contributed by atoms with Gasteiger partial charge in [0.15, 0.2) is 0 Å². The quantitative estimate of drug-likeness (QED) is 0.554. The van der Waals surface area contributed by atoms with Crippen molar-refractivity contribution in [3.63, 3.8) is 0 Å². The van der Waals surface area contributed by atoms with E-state index >= 15 is 0 Å². The van der Waals surface area contributed by atoms with Crippen LogP contribution in [0.25, 0.3) is 0 Å². The van der Waals surface area contributed by atoms with Crippen molar-refractivity contribution in [2.75, 3.05) is 0 Å². The van der Waals surface area contributed by atoms with E-state index in [-0.39, 0.29) is 5.41 Å². The molecule has 0 aromatic rings. The Balaban J connectivity index is 2.53. The van der Waals surface area contributed by atoms with E-state index in [0.717, 1.165) is 12.8 Å². The third-order valence-electron chi connectivity index (χ3n) is 3.43. The van der Waals surface area contributed by atoms with E-state index in [1.165, 1.54) is 11.6 Å². The van der Waals surface area contributed by atoms with Crippen LogP contribution >= 0.6 is 0 Å². The zero-order valence-corrected chi connectivity index (χ0v) is 9.08. The number of rotatable bonds is 3. The lowest BCUT2D eigenvalue weighted by atomic mass is 9.76. The molecule has 0 aliphatic heterocycles. The lowest BCUT2D eigenvalue weighted by Crippen LogP contribution is -2.19. The third-order valence-corrected chi connectivity index (χ3v) is 3.43. The highest BCUT2D eigenvalue weighted by atomic mass is 16.4. The summed E-state index contributed by atoms with van der Waals surface area (Å²) in [5, 5.41) is 8.47. The smallest absolute Gasteiger partial charge is 0.327 e. The van der Waals surface area contributed by atoms with Gasteiger partial charge in [0.1, 0.15) is 0 Å². The first-order chi connectivity index (χ1) is 6.44. The molecule has 0 fully saturated rings. The van der Waals surface area contributed by atoms with Gasteiger partial charge < -0.3 is 5.11 Å². The molecule has 78 valence electrons. The van der Waals surface area contributed by atoms with Crippen LogP contribution in [0.5, 0.6) is 0 Å². The van der Waals surface area contributed by atoms with Gasteiger partial charge in [0.25, 0.3) is 0 Å². The van der Waals surface area contributed by atoms with E-state index in [9.17, 15) is 4.79 Å². The Bertz CT molecular complexity index is 285. The fourth-order valence-corrected chi connectivity index (χ4v) is 1.92. The minimum absolute atomic E-state index is 0.225. The summed E-state index contributed by atoms with van der Waals surface area (Å²) in [4.78, 5) is 10.3. The topological polar surface area (TPSA) is 37.3 Å². The van der Waals surface area contributed by atoms with Gasteiger partial charge >= 0.3 is 5.97 Å². The molecule has 2 nitrogen and oxygen atoms in total. The summed E-state index contributed by atoms with van der Waals surface area (Å²) in [5.74, 6) is -0.302. The first kappa shape index (κ1) is 11.0. The largest absolute Gasteiger partial charge is 0.478 e. The van der Waals surface area contributed by atoms with Gasteiger partial charge in [0.05, 0.1) is 0 Å². The van der Waals surface area contributed by atoms with Crippen molar-refractivity contribution in [1.82, 2.24) is 0 Å². The molecule has 0 bridgehead atoms. The number of hydrogen-bond acceptors (Lipinski definition) is 1. The molecule has 1 aliphatic rings. The molecule has 0 radical (unpaired) electrons. The molecule has 0 heterocycles. The van der Waals surface area contributed by atoms with Gasteiger partial charge in [-0.25, -0.2) is 4.79 Å². The predicted molar refractivity (Wildman–Crippen MR) is 57.0 cm³/mol. The molecule has 0 amide bonds. The summed E-state index contributed by atoms with van der Waals surface area (Å²) in [6.45, 7) is 6.61. The van der Waals surface area contributed by atoms with Crippen molar-refractivity contribution in [2.24, 2.45) is 11.3 Å². The Morgan fingerprint density at radius 2 is 2.36 bits per heavy atom. The average molecular weight is 194 g/mol. The van der Waals surface area contributed by atoms with E-state index < -0.39 is 5.97 Å². The standard InChI is InChI=1S/C12H18O2/c1-9-7-8-10(12(9,2)3)5-4-6-11(13)14/h4,6-7,10H,5,8H2,1-3H3,(H,13,14). The summed E-state index contributed by atoms with van der Waals surface area (Å²) in [6.07, 6.45) is 7.19. The zero-order valence-electron chi connectivity index (χ0n) is 9.08. The van der Waals surface area contributed by atoms with Gasteiger partial charge in [-0.15, -0.1) is 0 Å². The fraction of sp³-hybridized carbons (Fsp3) is 0.583. The van der Waals surface area contributed by atoms with E-state index in [1.54, 1.807) is 6.08 Å². The molecule has 1 unspecified atom stereocenters. The van der Waals surface area contributed by atoms with E-state index in [2.05, 4.69) is 26.8 Å². The first-order valence-electron chi connectivity index (χ1n) is 5.01. The molecule has 0 spiro atoms. The Morgan fingerprint density at radius 1 is 1.71 bits per heavy atom. The SMILES string of the molecule is CC1=CCC(CC=CC(=O)O)C1(C)C. The highest BCUT2D eigenvalue weighted by molar-refractivity contribution is 5.79. The fourth-order valence-electron chi connectivity index (χ4n) is 1.92. The molecule has 0 saturated carbocycles. The lowest BCUT2D eigenvalue weighted by molar-refractivity contribution is -0.131. The number of allylic oxidation sites excluding steroid dienone is 3. The molecular weight excluding hydrogens is 176 g/mol. The van der Waals surface area contributed by atoms with Crippen molar-refractivity contribution >= 4 is 5.97 Å². The maximum Gasteiger partial charge on any atom is 0.327 e. The Labute approximate surface area is 85.3 Å². The molecule has 1 atom stereocenters. The van der Waals surface area contributed by atoms with Crippen LogP contribution in [0, 0.1) is 11.3 Å². The van der Waals surface area contributed by atoms with Crippen molar-refractivity contribution in [1.29, 1.82) is 0 Å². The highest BCUT2D eigenvalue weighted by Gasteiger charge is 2.33. The second-order valence-corrected chi connectivity index (χ2v) is 4.52. The van der Waals surface area contributed by atoms with E-state index in [1.807, 2.05) is 0 Å². The summed E-state index contributed by atoms with van der Waals surface area (Å²) >= 11 is 0. The Kier molecular flexibility index (Phi) is 3.14. The Hall–Kier alpha value is -1.05. The molecule has 0 saturated heterocycles. The van der Waals surface area contributed by atoms with Crippen molar-refractivity contribution in [3.8, 4) is 0 Å². The van der Waals surface area contributed by atoms with Crippen LogP contribution in [0.3, 0.4) is 0 Å². The normalized spacial score (nSPS) is 25.4. The molecule has 1 N–H and O–H groups in total. The summed E-state index contributed by atoms with van der Waals surface area (Å²) in [5.41, 5.74) is 1.65. The van der Waals surface area contributed by atoms with Crippen LogP contribution in [-0.2, 0) is 4.79 Å². The van der Waals surface area contributed by atoms with Crippen LogP contribution < -0.4 is 0 Å². The van der Waals surface area contributed by atoms with Gasteiger partial charge in [-0.3, -0.25) is 0 Å². The molecule has 0 aromatic carbocycles. The first-order valence-corrected chi connectivity index (χ1v) is 5.01. The number of carbonyl (C=O) groups is 1. The number of carboxylic acids is 1. The molecular formula is C12H18O2.